The van der Waals surface area contributed by atoms with E-state index in [0.29, 0.717) is 0 Å². The standard InChI is InChI=1S/C64H44N2S/c1-63(2)53-26-14-12-24-48(53)49-33-30-45(39-55(49)63)65(44-32-37-60-52(38-44)50-25-13-17-29-59(50)67-60)46-31-34-51-56(40-46)64(42-20-8-4-9-21-42)54-27-15-16-28-57(54)66(43-22-10-5-11-23-43)58-36-35-47(61(51)62(58)64)41-18-6-3-7-19-41/h3-40H,1-2H3. The molecule has 10 aromatic carbocycles. The molecule has 11 aromatic rings. The highest BCUT2D eigenvalue weighted by atomic mass is 32.1. The van der Waals surface area contributed by atoms with E-state index in [1.54, 1.807) is 0 Å². The number of anilines is 6. The highest BCUT2D eigenvalue weighted by molar-refractivity contribution is 7.25. The zero-order valence-corrected chi connectivity index (χ0v) is 38.1. The number of thiophene rings is 1. The Morgan fingerprint density at radius 3 is 1.79 bits per heavy atom. The van der Waals surface area contributed by atoms with Crippen LogP contribution in [-0.4, -0.2) is 0 Å². The minimum Gasteiger partial charge on any atom is -0.310 e. The van der Waals surface area contributed by atoms with Crippen LogP contribution >= 0.6 is 11.3 Å². The summed E-state index contributed by atoms with van der Waals surface area (Å²) in [5.74, 6) is 0. The predicted molar refractivity (Wildman–Crippen MR) is 283 cm³/mol. The molecule has 0 N–H and O–H groups in total. The van der Waals surface area contributed by atoms with E-state index in [0.717, 1.165) is 22.7 Å². The summed E-state index contributed by atoms with van der Waals surface area (Å²) >= 11 is 1.87. The minimum atomic E-state index is -0.634. The van der Waals surface area contributed by atoms with Crippen molar-refractivity contribution in [1.29, 1.82) is 0 Å². The molecule has 2 heterocycles. The van der Waals surface area contributed by atoms with Crippen molar-refractivity contribution in [3.8, 4) is 33.4 Å². The summed E-state index contributed by atoms with van der Waals surface area (Å²) in [6.45, 7) is 4.76. The lowest BCUT2D eigenvalue weighted by Crippen LogP contribution is -2.36. The van der Waals surface area contributed by atoms with Gasteiger partial charge >= 0.3 is 0 Å². The molecule has 0 spiro atoms. The van der Waals surface area contributed by atoms with Gasteiger partial charge in [-0.2, -0.15) is 0 Å². The molecule has 0 bridgehead atoms. The number of hydrogen-bond donors (Lipinski definition) is 0. The molecule has 316 valence electrons. The van der Waals surface area contributed by atoms with E-state index in [9.17, 15) is 0 Å². The number of nitrogens with zero attached hydrogens (tertiary/aromatic N) is 2. The fourth-order valence-corrected chi connectivity index (χ4v) is 13.2. The normalized spacial score (nSPS) is 15.8. The molecule has 1 aromatic heterocycles. The third-order valence-corrected chi connectivity index (χ3v) is 16.2. The number of hydrogen-bond acceptors (Lipinski definition) is 3. The Morgan fingerprint density at radius 1 is 0.403 bits per heavy atom. The van der Waals surface area contributed by atoms with Crippen LogP contribution in [0, 0.1) is 0 Å². The summed E-state index contributed by atoms with van der Waals surface area (Å²) in [6, 6.07) is 86.5. The zero-order valence-electron chi connectivity index (χ0n) is 37.2. The monoisotopic (exact) mass is 872 g/mol. The average molecular weight is 873 g/mol. The molecule has 0 radical (unpaired) electrons. The van der Waals surface area contributed by atoms with E-state index in [1.807, 2.05) is 11.3 Å². The van der Waals surface area contributed by atoms with Crippen molar-refractivity contribution in [2.75, 3.05) is 9.80 Å². The Morgan fingerprint density at radius 2 is 0.985 bits per heavy atom. The van der Waals surface area contributed by atoms with Gasteiger partial charge in [-0.1, -0.05) is 172 Å². The molecule has 3 heteroatoms. The van der Waals surface area contributed by atoms with Crippen molar-refractivity contribution < 1.29 is 0 Å². The van der Waals surface area contributed by atoms with Gasteiger partial charge in [-0.25, -0.2) is 0 Å². The molecular formula is C64H44N2S. The lowest BCUT2D eigenvalue weighted by molar-refractivity contribution is 0.660. The van der Waals surface area contributed by atoms with E-state index in [-0.39, 0.29) is 5.41 Å². The molecule has 0 amide bonds. The van der Waals surface area contributed by atoms with Gasteiger partial charge in [0.15, 0.2) is 0 Å². The smallest absolute Gasteiger partial charge is 0.0755 e. The third-order valence-electron chi connectivity index (χ3n) is 15.0. The number of benzene rings is 10. The minimum absolute atomic E-state index is 0.154. The lowest BCUT2D eigenvalue weighted by Gasteiger charge is -2.45. The first-order valence-electron chi connectivity index (χ1n) is 23.3. The van der Waals surface area contributed by atoms with Gasteiger partial charge in [0.25, 0.3) is 0 Å². The van der Waals surface area contributed by atoms with Crippen LogP contribution in [0.5, 0.6) is 0 Å². The molecule has 1 aliphatic heterocycles. The van der Waals surface area contributed by atoms with Gasteiger partial charge in [-0.3, -0.25) is 0 Å². The molecule has 1 atom stereocenters. The maximum Gasteiger partial charge on any atom is 0.0755 e. The Labute approximate surface area is 395 Å². The first-order valence-corrected chi connectivity index (χ1v) is 24.2. The Hall–Kier alpha value is -7.98. The molecule has 1 unspecified atom stereocenters. The van der Waals surface area contributed by atoms with Gasteiger partial charge in [0, 0.05) is 53.9 Å². The van der Waals surface area contributed by atoms with Gasteiger partial charge in [0.2, 0.25) is 0 Å². The highest BCUT2D eigenvalue weighted by Crippen LogP contribution is 2.67. The molecule has 3 aliphatic rings. The molecule has 67 heavy (non-hydrogen) atoms. The third kappa shape index (κ3) is 5.32. The van der Waals surface area contributed by atoms with Crippen molar-refractivity contribution in [3.05, 3.63) is 264 Å². The SMILES string of the molecule is CC1(C)c2ccccc2-c2ccc(N(c3ccc4c(c3)C3(c5ccccc5)c5ccccc5N(c5ccccc5)c5ccc(-c6ccccc6)c-4c53)c3ccc4sc5ccccc5c4c3)cc21. The largest absolute Gasteiger partial charge is 0.310 e. The Balaban J connectivity index is 1.08. The van der Waals surface area contributed by atoms with E-state index in [2.05, 4.69) is 254 Å². The molecular weight excluding hydrogens is 829 g/mol. The molecule has 2 aliphatic carbocycles. The second-order valence-electron chi connectivity index (χ2n) is 18.8. The topological polar surface area (TPSA) is 6.48 Å². The van der Waals surface area contributed by atoms with Crippen molar-refractivity contribution in [2.45, 2.75) is 24.7 Å². The molecule has 2 nitrogen and oxygen atoms in total. The summed E-state index contributed by atoms with van der Waals surface area (Å²) in [5, 5.41) is 2.58. The summed E-state index contributed by atoms with van der Waals surface area (Å²) in [5.41, 5.74) is 21.7. The van der Waals surface area contributed by atoms with Gasteiger partial charge in [-0.15, -0.1) is 11.3 Å². The van der Waals surface area contributed by atoms with E-state index in [1.165, 1.54) is 98.3 Å². The van der Waals surface area contributed by atoms with Crippen LogP contribution in [0.15, 0.2) is 231 Å². The van der Waals surface area contributed by atoms with Crippen LogP contribution in [0.1, 0.15) is 47.2 Å². The van der Waals surface area contributed by atoms with Gasteiger partial charge < -0.3 is 9.80 Å². The van der Waals surface area contributed by atoms with E-state index in [4.69, 9.17) is 0 Å². The summed E-state index contributed by atoms with van der Waals surface area (Å²) in [6.07, 6.45) is 0. The fraction of sp³-hybridized carbons (Fsp3) is 0.0625. The Kier molecular flexibility index (Phi) is 8.15. The van der Waals surface area contributed by atoms with Crippen LogP contribution in [-0.2, 0) is 10.8 Å². The van der Waals surface area contributed by atoms with E-state index >= 15 is 0 Å². The zero-order chi connectivity index (χ0) is 44.4. The summed E-state index contributed by atoms with van der Waals surface area (Å²) in [4.78, 5) is 5.02. The van der Waals surface area contributed by atoms with E-state index < -0.39 is 5.41 Å². The lowest BCUT2D eigenvalue weighted by atomic mass is 9.64. The van der Waals surface area contributed by atoms with Gasteiger partial charge in [-0.05, 0) is 134 Å². The van der Waals surface area contributed by atoms with Crippen molar-refractivity contribution in [3.63, 3.8) is 0 Å². The number of rotatable bonds is 6. The number of para-hydroxylation sites is 2. The molecule has 0 saturated heterocycles. The molecule has 0 fully saturated rings. The number of fused-ring (bicyclic) bond motifs is 11. The Bertz CT molecular complexity index is 3790. The van der Waals surface area contributed by atoms with Gasteiger partial charge in [0.05, 0.1) is 16.8 Å². The second kappa shape index (κ2) is 14.3. The molecule has 14 rings (SSSR count). The molecule has 0 saturated carbocycles. The van der Waals surface area contributed by atoms with Crippen LogP contribution in [0.25, 0.3) is 53.6 Å². The van der Waals surface area contributed by atoms with Crippen LogP contribution in [0.2, 0.25) is 0 Å². The second-order valence-corrected chi connectivity index (χ2v) is 19.9. The predicted octanol–water partition coefficient (Wildman–Crippen LogP) is 17.6. The van der Waals surface area contributed by atoms with Crippen LogP contribution in [0.3, 0.4) is 0 Å². The van der Waals surface area contributed by atoms with Crippen molar-refractivity contribution in [2.24, 2.45) is 0 Å². The van der Waals surface area contributed by atoms with Crippen LogP contribution in [0.4, 0.5) is 34.1 Å². The maximum atomic E-state index is 2.54. The fourth-order valence-electron chi connectivity index (χ4n) is 12.2. The van der Waals surface area contributed by atoms with Crippen molar-refractivity contribution in [1.82, 2.24) is 0 Å². The highest BCUT2D eigenvalue weighted by Gasteiger charge is 2.53. The maximum absolute atomic E-state index is 2.54. The summed E-state index contributed by atoms with van der Waals surface area (Å²) in [7, 11) is 0. The quantitative estimate of drug-likeness (QED) is 0.164. The van der Waals surface area contributed by atoms with Crippen molar-refractivity contribution >= 4 is 65.6 Å². The first kappa shape index (κ1) is 38.3. The van der Waals surface area contributed by atoms with Crippen LogP contribution < -0.4 is 9.80 Å². The summed E-state index contributed by atoms with van der Waals surface area (Å²) < 4.78 is 2.61. The van der Waals surface area contributed by atoms with Gasteiger partial charge in [0.1, 0.15) is 0 Å². The average Bonchev–Trinajstić information content (AvgIpc) is 3.99. The first-order chi connectivity index (χ1) is 33.0.